The van der Waals surface area contributed by atoms with Crippen LogP contribution in [0.25, 0.3) is 0 Å². The van der Waals surface area contributed by atoms with Crippen molar-refractivity contribution in [1.82, 2.24) is 0 Å². The maximum atomic E-state index is 12.9. The Morgan fingerprint density at radius 1 is 1.00 bits per heavy atom. The van der Waals surface area contributed by atoms with Crippen molar-refractivity contribution >= 4 is 27.7 Å². The fraction of sp³-hybridized carbons (Fsp3) is 0.0769. The van der Waals surface area contributed by atoms with E-state index in [1.165, 1.54) is 18.2 Å². The lowest BCUT2D eigenvalue weighted by atomic mass is 10.2. The molecule has 0 atom stereocenters. The van der Waals surface area contributed by atoms with E-state index < -0.39 is 11.7 Å². The van der Waals surface area contributed by atoms with Crippen LogP contribution in [0.5, 0.6) is 5.75 Å². The molecule has 1 nitrogen and oxygen atoms in total. The summed E-state index contributed by atoms with van der Waals surface area (Å²) in [4.78, 5) is 0.438. The van der Waals surface area contributed by atoms with Crippen LogP contribution in [-0.4, -0.2) is 5.11 Å². The first kappa shape index (κ1) is 14.3. The van der Waals surface area contributed by atoms with E-state index in [4.69, 9.17) is 0 Å². The Bertz CT molecular complexity index is 599. The molecule has 0 saturated carbocycles. The minimum Gasteiger partial charge on any atom is -0.507 e. The molecule has 0 aliphatic carbocycles. The number of alkyl halides is 3. The minimum absolute atomic E-state index is 0.0384. The standard InChI is InChI=1S/C13H8BrF3OS/c14-8-5-6-11(9(7-8)13(15,16)17)19-12-4-2-1-3-10(12)18/h1-7,18H. The lowest BCUT2D eigenvalue weighted by Gasteiger charge is -2.13. The molecule has 19 heavy (non-hydrogen) atoms. The number of phenols is 1. The van der Waals surface area contributed by atoms with Crippen LogP contribution in [0, 0.1) is 0 Å². The summed E-state index contributed by atoms with van der Waals surface area (Å²) in [5.74, 6) is -0.0384. The maximum Gasteiger partial charge on any atom is 0.417 e. The number of rotatable bonds is 2. The van der Waals surface area contributed by atoms with E-state index in [9.17, 15) is 18.3 Å². The molecule has 0 amide bonds. The zero-order valence-corrected chi connectivity index (χ0v) is 11.8. The van der Waals surface area contributed by atoms with Crippen LogP contribution in [0.2, 0.25) is 0 Å². The summed E-state index contributed by atoms with van der Waals surface area (Å²) < 4.78 is 39.2. The number of para-hydroxylation sites is 1. The Labute approximate surface area is 120 Å². The Morgan fingerprint density at radius 2 is 1.68 bits per heavy atom. The number of hydrogen-bond acceptors (Lipinski definition) is 2. The molecule has 0 aromatic heterocycles. The van der Waals surface area contributed by atoms with Gasteiger partial charge in [0.1, 0.15) is 5.75 Å². The van der Waals surface area contributed by atoms with Gasteiger partial charge >= 0.3 is 6.18 Å². The average molecular weight is 349 g/mol. The molecular formula is C13H8BrF3OS. The molecular weight excluding hydrogens is 341 g/mol. The normalized spacial score (nSPS) is 11.6. The van der Waals surface area contributed by atoms with Crippen molar-refractivity contribution < 1.29 is 18.3 Å². The second kappa shape index (κ2) is 5.46. The second-order valence-electron chi connectivity index (χ2n) is 3.71. The predicted octanol–water partition coefficient (Wildman–Crippen LogP) is 5.32. The van der Waals surface area contributed by atoms with E-state index in [1.54, 1.807) is 18.2 Å². The Hall–Kier alpha value is -1.14. The summed E-state index contributed by atoms with van der Waals surface area (Å²) >= 11 is 3.92. The highest BCUT2D eigenvalue weighted by Crippen LogP contribution is 2.42. The second-order valence-corrected chi connectivity index (χ2v) is 5.71. The van der Waals surface area contributed by atoms with Gasteiger partial charge in [0.25, 0.3) is 0 Å². The highest BCUT2D eigenvalue weighted by molar-refractivity contribution is 9.10. The van der Waals surface area contributed by atoms with Crippen molar-refractivity contribution in [3.63, 3.8) is 0 Å². The SMILES string of the molecule is Oc1ccccc1Sc1ccc(Br)cc1C(F)(F)F. The van der Waals surface area contributed by atoms with Gasteiger partial charge < -0.3 is 5.11 Å². The van der Waals surface area contributed by atoms with Crippen LogP contribution < -0.4 is 0 Å². The van der Waals surface area contributed by atoms with Gasteiger partial charge in [-0.25, -0.2) is 0 Å². The topological polar surface area (TPSA) is 20.2 Å². The van der Waals surface area contributed by atoms with Crippen molar-refractivity contribution in [2.24, 2.45) is 0 Å². The lowest BCUT2D eigenvalue weighted by molar-refractivity contribution is -0.139. The summed E-state index contributed by atoms with van der Waals surface area (Å²) in [5.41, 5.74) is -0.727. The van der Waals surface area contributed by atoms with Crippen LogP contribution >= 0.6 is 27.7 Å². The third kappa shape index (κ3) is 3.45. The van der Waals surface area contributed by atoms with Gasteiger partial charge in [0, 0.05) is 9.37 Å². The fourth-order valence-electron chi connectivity index (χ4n) is 1.47. The van der Waals surface area contributed by atoms with Crippen molar-refractivity contribution in [3.8, 4) is 5.75 Å². The van der Waals surface area contributed by atoms with Gasteiger partial charge in [0.2, 0.25) is 0 Å². The maximum absolute atomic E-state index is 12.9. The van der Waals surface area contributed by atoms with Crippen molar-refractivity contribution in [2.45, 2.75) is 16.0 Å². The van der Waals surface area contributed by atoms with E-state index in [-0.39, 0.29) is 10.6 Å². The van der Waals surface area contributed by atoms with Crippen molar-refractivity contribution in [1.29, 1.82) is 0 Å². The number of aromatic hydroxyl groups is 1. The highest BCUT2D eigenvalue weighted by Gasteiger charge is 2.34. The van der Waals surface area contributed by atoms with E-state index in [2.05, 4.69) is 15.9 Å². The quantitative estimate of drug-likeness (QED) is 0.791. The number of halogens is 4. The van der Waals surface area contributed by atoms with Gasteiger partial charge in [-0.2, -0.15) is 13.2 Å². The first-order chi connectivity index (χ1) is 8.88. The third-order valence-corrected chi connectivity index (χ3v) is 3.97. The zero-order chi connectivity index (χ0) is 14.0. The molecule has 0 saturated heterocycles. The fourth-order valence-corrected chi connectivity index (χ4v) is 2.81. The van der Waals surface area contributed by atoms with Gasteiger partial charge in [-0.15, -0.1) is 0 Å². The van der Waals surface area contributed by atoms with E-state index >= 15 is 0 Å². The average Bonchev–Trinajstić information content (AvgIpc) is 2.33. The highest BCUT2D eigenvalue weighted by atomic mass is 79.9. The summed E-state index contributed by atoms with van der Waals surface area (Å²) in [7, 11) is 0. The zero-order valence-electron chi connectivity index (χ0n) is 9.41. The lowest BCUT2D eigenvalue weighted by Crippen LogP contribution is -2.06. The number of benzene rings is 2. The molecule has 2 aromatic carbocycles. The molecule has 0 aliphatic rings. The molecule has 0 fully saturated rings. The van der Waals surface area contributed by atoms with Gasteiger partial charge in [-0.3, -0.25) is 0 Å². The van der Waals surface area contributed by atoms with Crippen LogP contribution in [0.15, 0.2) is 56.7 Å². The van der Waals surface area contributed by atoms with Gasteiger partial charge in [-0.1, -0.05) is 39.8 Å². The largest absolute Gasteiger partial charge is 0.507 e. The Morgan fingerprint density at radius 3 is 2.32 bits per heavy atom. The van der Waals surface area contributed by atoms with Crippen molar-refractivity contribution in [3.05, 3.63) is 52.5 Å². The summed E-state index contributed by atoms with van der Waals surface area (Å²) in [5, 5.41) is 9.61. The molecule has 100 valence electrons. The van der Waals surface area contributed by atoms with Crippen LogP contribution in [0.3, 0.4) is 0 Å². The molecule has 0 bridgehead atoms. The van der Waals surface area contributed by atoms with Crippen molar-refractivity contribution in [2.75, 3.05) is 0 Å². The number of hydrogen-bond donors (Lipinski definition) is 1. The van der Waals surface area contributed by atoms with Gasteiger partial charge in [0.15, 0.2) is 0 Å². The van der Waals surface area contributed by atoms with E-state index in [0.717, 1.165) is 17.8 Å². The first-order valence-corrected chi connectivity index (χ1v) is 6.81. The minimum atomic E-state index is -4.43. The smallest absolute Gasteiger partial charge is 0.417 e. The summed E-state index contributed by atoms with van der Waals surface area (Å²) in [6.07, 6.45) is -4.43. The third-order valence-electron chi connectivity index (χ3n) is 2.33. The molecule has 0 spiro atoms. The molecule has 6 heteroatoms. The Kier molecular flexibility index (Phi) is 4.10. The molecule has 0 aliphatic heterocycles. The van der Waals surface area contributed by atoms with Crippen LogP contribution in [0.4, 0.5) is 13.2 Å². The molecule has 2 aromatic rings. The van der Waals surface area contributed by atoms with E-state index in [0.29, 0.717) is 9.37 Å². The molecule has 0 unspecified atom stereocenters. The number of phenolic OH excluding ortho intramolecular Hbond substituents is 1. The van der Waals surface area contributed by atoms with Gasteiger partial charge in [0.05, 0.1) is 10.5 Å². The molecule has 0 radical (unpaired) electrons. The Balaban J connectivity index is 2.44. The van der Waals surface area contributed by atoms with Crippen LogP contribution in [-0.2, 0) is 6.18 Å². The van der Waals surface area contributed by atoms with E-state index in [1.807, 2.05) is 0 Å². The molecule has 1 N–H and O–H groups in total. The van der Waals surface area contributed by atoms with Crippen LogP contribution in [0.1, 0.15) is 5.56 Å². The predicted molar refractivity (Wildman–Crippen MR) is 71.4 cm³/mol. The summed E-state index contributed by atoms with van der Waals surface area (Å²) in [6.45, 7) is 0. The first-order valence-electron chi connectivity index (χ1n) is 5.20. The molecule has 0 heterocycles. The summed E-state index contributed by atoms with van der Waals surface area (Å²) in [6, 6.07) is 10.2. The van der Waals surface area contributed by atoms with Gasteiger partial charge in [-0.05, 0) is 30.3 Å². The molecule has 2 rings (SSSR count). The monoisotopic (exact) mass is 348 g/mol.